The monoisotopic (exact) mass is 417 g/mol. The molecule has 0 spiro atoms. The normalized spacial score (nSPS) is 19.1. The Morgan fingerprint density at radius 2 is 1.80 bits per heavy atom. The molecule has 0 bridgehead atoms. The van der Waals surface area contributed by atoms with Gasteiger partial charge in [-0.2, -0.15) is 0 Å². The van der Waals surface area contributed by atoms with E-state index < -0.39 is 17.9 Å². The van der Waals surface area contributed by atoms with Crippen LogP contribution in [0, 0.1) is 5.92 Å². The number of benzene rings is 1. The quantitative estimate of drug-likeness (QED) is 0.689. The molecule has 1 aliphatic heterocycles. The van der Waals surface area contributed by atoms with Crippen molar-refractivity contribution in [3.05, 3.63) is 36.0 Å². The number of aliphatic carboxylic acids is 2. The summed E-state index contributed by atoms with van der Waals surface area (Å²) in [5.41, 5.74) is 2.20. The summed E-state index contributed by atoms with van der Waals surface area (Å²) in [6.45, 7) is 2.00. The maximum atomic E-state index is 12.8. The first-order valence-corrected chi connectivity index (χ1v) is 10.1. The number of nitrogens with zero attached hydrogens (tertiary/aromatic N) is 2. The lowest BCUT2D eigenvalue weighted by Crippen LogP contribution is -2.43. The summed E-state index contributed by atoms with van der Waals surface area (Å²) >= 11 is 0. The molecule has 1 fully saturated rings. The number of H-pyrrole nitrogens is 1. The molecule has 3 rings (SSSR count). The Morgan fingerprint density at radius 3 is 2.43 bits per heavy atom. The number of hydrogen-bond donors (Lipinski definition) is 3. The Balaban J connectivity index is 0.000000735. The summed E-state index contributed by atoms with van der Waals surface area (Å²) in [4.78, 5) is 40.4. The lowest BCUT2D eigenvalue weighted by molar-refractivity contribution is -0.143. The van der Waals surface area contributed by atoms with Gasteiger partial charge in [0.05, 0.1) is 5.92 Å². The summed E-state index contributed by atoms with van der Waals surface area (Å²) in [6, 6.07) is 8.26. The first-order chi connectivity index (χ1) is 14.2. The molecule has 2 atom stereocenters. The molecule has 1 amide bonds. The first kappa shape index (κ1) is 23.4. The van der Waals surface area contributed by atoms with E-state index in [0.717, 1.165) is 29.8 Å². The second-order valence-electron chi connectivity index (χ2n) is 7.91. The number of rotatable bonds is 5. The maximum Gasteiger partial charge on any atom is 0.308 e. The molecule has 164 valence electrons. The second-order valence-corrected chi connectivity index (χ2v) is 7.91. The van der Waals surface area contributed by atoms with E-state index in [-0.39, 0.29) is 11.9 Å². The van der Waals surface area contributed by atoms with Gasteiger partial charge in [0.2, 0.25) is 5.91 Å². The Morgan fingerprint density at radius 1 is 1.13 bits per heavy atom. The molecule has 1 aromatic carbocycles. The molecule has 0 saturated carbocycles. The largest absolute Gasteiger partial charge is 0.481 e. The van der Waals surface area contributed by atoms with Crippen molar-refractivity contribution in [3.8, 4) is 0 Å². The molecule has 1 saturated heterocycles. The summed E-state index contributed by atoms with van der Waals surface area (Å²) in [5, 5.41) is 18.0. The third kappa shape index (κ3) is 6.59. The fourth-order valence-corrected chi connectivity index (χ4v) is 3.74. The molecule has 0 radical (unpaired) electrons. The first-order valence-electron chi connectivity index (χ1n) is 10.1. The topological polar surface area (TPSA) is 114 Å². The number of carboxylic acid groups (broad SMARTS) is 2. The highest BCUT2D eigenvalue weighted by Crippen LogP contribution is 2.22. The lowest BCUT2D eigenvalue weighted by atomic mass is 10.0. The van der Waals surface area contributed by atoms with Gasteiger partial charge in [0, 0.05) is 49.6 Å². The van der Waals surface area contributed by atoms with Gasteiger partial charge in [-0.25, -0.2) is 0 Å². The molecule has 2 aromatic rings. The van der Waals surface area contributed by atoms with E-state index in [1.807, 2.05) is 38.5 Å². The summed E-state index contributed by atoms with van der Waals surface area (Å²) in [7, 11) is 3.97. The van der Waals surface area contributed by atoms with Gasteiger partial charge in [-0.1, -0.05) is 18.2 Å². The van der Waals surface area contributed by atoms with Crippen LogP contribution in [0.3, 0.4) is 0 Å². The van der Waals surface area contributed by atoms with Gasteiger partial charge in [-0.05, 0) is 45.0 Å². The smallest absolute Gasteiger partial charge is 0.308 e. The molecule has 2 heterocycles. The Bertz CT molecular complexity index is 873. The summed E-state index contributed by atoms with van der Waals surface area (Å²) < 4.78 is 0. The van der Waals surface area contributed by atoms with Gasteiger partial charge in [0.15, 0.2) is 0 Å². The van der Waals surface area contributed by atoms with E-state index in [1.54, 1.807) is 4.90 Å². The number of fused-ring (bicyclic) bond motifs is 1. The SMILES string of the molecule is CC(=O)O.CN(C)[C@@H]1CC[C@H](C(=O)O)CN(C(=O)CCc2c[nH]c3ccccc23)C1. The number of aryl methyl sites for hydroxylation is 1. The second kappa shape index (κ2) is 10.8. The van der Waals surface area contributed by atoms with Gasteiger partial charge in [-0.15, -0.1) is 0 Å². The van der Waals surface area contributed by atoms with Crippen LogP contribution in [0.1, 0.15) is 31.7 Å². The Kier molecular flexibility index (Phi) is 8.41. The van der Waals surface area contributed by atoms with Crippen LogP contribution in [0.4, 0.5) is 0 Å². The highest BCUT2D eigenvalue weighted by atomic mass is 16.4. The lowest BCUT2D eigenvalue weighted by Gasteiger charge is -2.29. The molecule has 1 aliphatic rings. The fourth-order valence-electron chi connectivity index (χ4n) is 3.74. The number of carbonyl (C=O) groups is 3. The Hall–Kier alpha value is -2.87. The maximum absolute atomic E-state index is 12.8. The number of aromatic nitrogens is 1. The number of para-hydroxylation sites is 1. The average Bonchev–Trinajstić information content (AvgIpc) is 2.94. The van der Waals surface area contributed by atoms with Crippen LogP contribution in [-0.2, 0) is 20.8 Å². The summed E-state index contributed by atoms with van der Waals surface area (Å²) in [6.07, 6.45) is 4.43. The molecule has 0 aliphatic carbocycles. The number of hydrogen-bond acceptors (Lipinski definition) is 4. The van der Waals surface area contributed by atoms with Gasteiger partial charge >= 0.3 is 5.97 Å². The standard InChI is InChI=1S/C20H27N3O3.C2H4O2/c1-22(2)16-9-7-15(20(25)26)12-23(13-16)19(24)10-8-14-11-21-18-6-4-3-5-17(14)18;1-2(3)4/h3-6,11,15-16,21H,7-10,12-13H2,1-2H3,(H,25,26);1H3,(H,3,4)/t15-,16+;/m0./s1. The molecule has 30 heavy (non-hydrogen) atoms. The van der Waals surface area contributed by atoms with Crippen molar-refractivity contribution in [3.63, 3.8) is 0 Å². The molecular formula is C22H31N3O5. The third-order valence-corrected chi connectivity index (χ3v) is 5.44. The molecular weight excluding hydrogens is 386 g/mol. The number of carboxylic acids is 2. The number of carbonyl (C=O) groups excluding carboxylic acids is 1. The van der Waals surface area contributed by atoms with Crippen LogP contribution in [0.2, 0.25) is 0 Å². The number of nitrogens with one attached hydrogen (secondary N) is 1. The number of aromatic amines is 1. The zero-order valence-electron chi connectivity index (χ0n) is 17.8. The van der Waals surface area contributed by atoms with Crippen molar-refractivity contribution in [2.24, 2.45) is 5.92 Å². The van der Waals surface area contributed by atoms with Crippen molar-refractivity contribution in [1.29, 1.82) is 0 Å². The van der Waals surface area contributed by atoms with Crippen molar-refractivity contribution < 1.29 is 24.6 Å². The van der Waals surface area contributed by atoms with Gasteiger partial charge in [0.25, 0.3) is 5.97 Å². The predicted octanol–water partition coefficient (Wildman–Crippen LogP) is 2.44. The van der Waals surface area contributed by atoms with E-state index >= 15 is 0 Å². The van der Waals surface area contributed by atoms with E-state index in [0.29, 0.717) is 32.4 Å². The third-order valence-electron chi connectivity index (χ3n) is 5.44. The van der Waals surface area contributed by atoms with Crippen LogP contribution in [0.15, 0.2) is 30.5 Å². The molecule has 8 nitrogen and oxygen atoms in total. The van der Waals surface area contributed by atoms with Crippen LogP contribution in [0.25, 0.3) is 10.9 Å². The molecule has 1 aromatic heterocycles. The minimum absolute atomic E-state index is 0.0373. The van der Waals surface area contributed by atoms with E-state index in [4.69, 9.17) is 9.90 Å². The predicted molar refractivity (Wildman–Crippen MR) is 114 cm³/mol. The van der Waals surface area contributed by atoms with Crippen LogP contribution >= 0.6 is 0 Å². The minimum Gasteiger partial charge on any atom is -0.481 e. The van der Waals surface area contributed by atoms with E-state index in [2.05, 4.69) is 16.0 Å². The van der Waals surface area contributed by atoms with Crippen molar-refractivity contribution in [2.45, 2.75) is 38.6 Å². The van der Waals surface area contributed by atoms with Crippen LogP contribution in [0.5, 0.6) is 0 Å². The summed E-state index contributed by atoms with van der Waals surface area (Å²) in [5.74, 6) is -2.08. The highest BCUT2D eigenvalue weighted by molar-refractivity contribution is 5.84. The van der Waals surface area contributed by atoms with Gasteiger partial charge in [0.1, 0.15) is 0 Å². The van der Waals surface area contributed by atoms with Gasteiger partial charge in [-0.3, -0.25) is 14.4 Å². The molecule has 0 unspecified atom stereocenters. The number of amides is 1. The van der Waals surface area contributed by atoms with Crippen molar-refractivity contribution in [1.82, 2.24) is 14.8 Å². The van der Waals surface area contributed by atoms with Crippen LogP contribution < -0.4 is 0 Å². The highest BCUT2D eigenvalue weighted by Gasteiger charge is 2.31. The molecule has 3 N–H and O–H groups in total. The number of likely N-dealkylation sites (N-methyl/N-ethyl adjacent to an activating group) is 1. The fraction of sp³-hybridized carbons (Fsp3) is 0.500. The zero-order valence-corrected chi connectivity index (χ0v) is 17.8. The van der Waals surface area contributed by atoms with Gasteiger partial charge < -0.3 is 25.0 Å². The van der Waals surface area contributed by atoms with E-state index in [9.17, 15) is 14.7 Å². The molecule has 8 heteroatoms. The van der Waals surface area contributed by atoms with Crippen molar-refractivity contribution in [2.75, 3.05) is 27.2 Å². The number of likely N-dealkylation sites (tertiary alicyclic amines) is 1. The zero-order chi connectivity index (χ0) is 22.3. The van der Waals surface area contributed by atoms with Crippen LogP contribution in [-0.4, -0.2) is 76.1 Å². The van der Waals surface area contributed by atoms with Crippen molar-refractivity contribution >= 4 is 28.7 Å². The Labute approximate surface area is 176 Å². The van der Waals surface area contributed by atoms with E-state index in [1.165, 1.54) is 0 Å². The minimum atomic E-state index is -0.833. The average molecular weight is 418 g/mol.